The van der Waals surface area contributed by atoms with Crippen molar-refractivity contribution in [3.05, 3.63) is 0 Å². The highest BCUT2D eigenvalue weighted by Crippen LogP contribution is 2.41. The van der Waals surface area contributed by atoms with E-state index in [4.69, 9.17) is 24.1 Å². The smallest absolute Gasteiger partial charge is 0.197 e. The number of hydrogen-bond acceptors (Lipinski definition) is 5. The van der Waals surface area contributed by atoms with Crippen molar-refractivity contribution in [3.63, 3.8) is 0 Å². The van der Waals surface area contributed by atoms with Crippen molar-refractivity contribution >= 4 is 0 Å². The predicted octanol–water partition coefficient (Wildman–Crippen LogP) is 0.694. The molecule has 0 radical (unpaired) electrons. The van der Waals surface area contributed by atoms with Crippen molar-refractivity contribution in [2.75, 3.05) is 27.4 Å². The molecule has 1 N–H and O–H groups in total. The van der Waals surface area contributed by atoms with Crippen LogP contribution >= 0.6 is 0 Å². The lowest BCUT2D eigenvalue weighted by atomic mass is 9.92. The van der Waals surface area contributed by atoms with Crippen molar-refractivity contribution in [1.82, 2.24) is 0 Å². The number of ether oxygens (including phenoxy) is 4. The topological polar surface area (TPSA) is 57.2 Å². The van der Waals surface area contributed by atoms with Crippen LogP contribution in [0.2, 0.25) is 0 Å². The Bertz CT molecular complexity index is 247. The van der Waals surface area contributed by atoms with E-state index in [1.807, 2.05) is 0 Å². The molecule has 0 aliphatic carbocycles. The van der Waals surface area contributed by atoms with Crippen LogP contribution in [0, 0.1) is 0 Å². The Labute approximate surface area is 102 Å². The highest BCUT2D eigenvalue weighted by atomic mass is 16.7. The molecule has 5 heteroatoms. The third kappa shape index (κ3) is 2.48. The zero-order chi connectivity index (χ0) is 12.3. The quantitative estimate of drug-likeness (QED) is 0.773. The SMILES string of the molecule is CO[C@H]1C[C@@]2(OC)OCC[C@H]2O[C@@H]1CCCO. The van der Waals surface area contributed by atoms with E-state index in [9.17, 15) is 0 Å². The van der Waals surface area contributed by atoms with Gasteiger partial charge in [0.25, 0.3) is 0 Å². The summed E-state index contributed by atoms with van der Waals surface area (Å²) in [5.41, 5.74) is 0. The summed E-state index contributed by atoms with van der Waals surface area (Å²) in [5.74, 6) is -0.629. The summed E-state index contributed by atoms with van der Waals surface area (Å²) < 4.78 is 22.7. The van der Waals surface area contributed by atoms with Crippen molar-refractivity contribution in [2.24, 2.45) is 0 Å². The van der Waals surface area contributed by atoms with E-state index in [2.05, 4.69) is 0 Å². The molecule has 0 bridgehead atoms. The van der Waals surface area contributed by atoms with E-state index in [1.54, 1.807) is 14.2 Å². The fourth-order valence-electron chi connectivity index (χ4n) is 2.78. The summed E-state index contributed by atoms with van der Waals surface area (Å²) >= 11 is 0. The van der Waals surface area contributed by atoms with Gasteiger partial charge in [-0.15, -0.1) is 0 Å². The molecule has 0 unspecified atom stereocenters. The lowest BCUT2D eigenvalue weighted by Crippen LogP contribution is -2.55. The molecule has 0 aromatic rings. The van der Waals surface area contributed by atoms with Gasteiger partial charge in [-0.3, -0.25) is 0 Å². The highest BCUT2D eigenvalue weighted by molar-refractivity contribution is 4.95. The lowest BCUT2D eigenvalue weighted by Gasteiger charge is -2.44. The van der Waals surface area contributed by atoms with Crippen molar-refractivity contribution in [3.8, 4) is 0 Å². The molecule has 2 aliphatic rings. The number of aliphatic hydroxyl groups excluding tert-OH is 1. The minimum atomic E-state index is -0.629. The molecule has 100 valence electrons. The summed E-state index contributed by atoms with van der Waals surface area (Å²) in [6.07, 6.45) is 3.09. The Morgan fingerprint density at radius 1 is 1.41 bits per heavy atom. The summed E-state index contributed by atoms with van der Waals surface area (Å²) in [6, 6.07) is 0. The van der Waals surface area contributed by atoms with Crippen molar-refractivity contribution in [1.29, 1.82) is 0 Å². The van der Waals surface area contributed by atoms with Crippen LogP contribution in [0.4, 0.5) is 0 Å². The molecule has 2 saturated heterocycles. The number of fused-ring (bicyclic) bond motifs is 1. The molecule has 0 spiro atoms. The van der Waals surface area contributed by atoms with E-state index in [0.717, 1.165) is 19.3 Å². The van der Waals surface area contributed by atoms with Crippen LogP contribution in [0.5, 0.6) is 0 Å². The maximum atomic E-state index is 8.89. The van der Waals surface area contributed by atoms with Crippen LogP contribution < -0.4 is 0 Å². The molecule has 2 aliphatic heterocycles. The first kappa shape index (κ1) is 13.2. The van der Waals surface area contributed by atoms with Crippen molar-refractivity contribution in [2.45, 2.75) is 49.8 Å². The van der Waals surface area contributed by atoms with Crippen LogP contribution in [-0.2, 0) is 18.9 Å². The Balaban J connectivity index is 2.03. The lowest BCUT2D eigenvalue weighted by molar-refractivity contribution is -0.301. The maximum absolute atomic E-state index is 8.89. The maximum Gasteiger partial charge on any atom is 0.197 e. The fraction of sp³-hybridized carbons (Fsp3) is 1.00. The molecule has 0 aromatic carbocycles. The molecule has 0 saturated carbocycles. The standard InChI is InChI=1S/C12H22O5/c1-14-10-8-12(15-2)11(5-7-16-12)17-9(10)4-3-6-13/h9-11,13H,3-8H2,1-2H3/t9-,10+,11-,12-/m1/s1. The second kappa shape index (κ2) is 5.63. The third-order valence-corrected chi connectivity index (χ3v) is 3.75. The molecule has 2 fully saturated rings. The molecule has 0 amide bonds. The number of hydrogen-bond donors (Lipinski definition) is 1. The van der Waals surface area contributed by atoms with Gasteiger partial charge >= 0.3 is 0 Å². The monoisotopic (exact) mass is 246 g/mol. The average Bonchev–Trinajstić information content (AvgIpc) is 2.78. The van der Waals surface area contributed by atoms with Crippen LogP contribution in [-0.4, -0.2) is 56.6 Å². The van der Waals surface area contributed by atoms with Gasteiger partial charge in [0, 0.05) is 33.7 Å². The zero-order valence-electron chi connectivity index (χ0n) is 10.6. The molecular weight excluding hydrogens is 224 g/mol. The van der Waals surface area contributed by atoms with E-state index in [-0.39, 0.29) is 24.9 Å². The average molecular weight is 246 g/mol. The van der Waals surface area contributed by atoms with Crippen molar-refractivity contribution < 1.29 is 24.1 Å². The number of aliphatic hydroxyl groups is 1. The van der Waals surface area contributed by atoms with Gasteiger partial charge in [-0.2, -0.15) is 0 Å². The highest BCUT2D eigenvalue weighted by Gasteiger charge is 2.53. The van der Waals surface area contributed by atoms with Gasteiger partial charge in [0.05, 0.1) is 18.8 Å². The van der Waals surface area contributed by atoms with Crippen LogP contribution in [0.15, 0.2) is 0 Å². The summed E-state index contributed by atoms with van der Waals surface area (Å²) in [6.45, 7) is 0.856. The molecule has 5 nitrogen and oxygen atoms in total. The van der Waals surface area contributed by atoms with Gasteiger partial charge < -0.3 is 24.1 Å². The molecule has 17 heavy (non-hydrogen) atoms. The van der Waals surface area contributed by atoms with Gasteiger partial charge in [0.2, 0.25) is 0 Å². The van der Waals surface area contributed by atoms with Crippen LogP contribution in [0.1, 0.15) is 25.7 Å². The Hall–Kier alpha value is -0.200. The van der Waals surface area contributed by atoms with Gasteiger partial charge in [0.15, 0.2) is 5.79 Å². The fourth-order valence-corrected chi connectivity index (χ4v) is 2.78. The minimum Gasteiger partial charge on any atom is -0.396 e. The first-order valence-electron chi connectivity index (χ1n) is 6.24. The second-order valence-electron chi connectivity index (χ2n) is 4.66. The zero-order valence-corrected chi connectivity index (χ0v) is 10.6. The first-order chi connectivity index (χ1) is 8.25. The van der Waals surface area contributed by atoms with E-state index in [1.165, 1.54) is 0 Å². The van der Waals surface area contributed by atoms with Gasteiger partial charge in [-0.05, 0) is 12.8 Å². The molecule has 2 rings (SSSR count). The number of methoxy groups -OCH3 is 2. The molecule has 0 aromatic heterocycles. The number of rotatable bonds is 5. The van der Waals surface area contributed by atoms with Gasteiger partial charge in [-0.25, -0.2) is 0 Å². The summed E-state index contributed by atoms with van der Waals surface area (Å²) in [7, 11) is 3.33. The Kier molecular flexibility index (Phi) is 4.38. The van der Waals surface area contributed by atoms with E-state index in [0.29, 0.717) is 13.0 Å². The minimum absolute atomic E-state index is 0.0115. The summed E-state index contributed by atoms with van der Waals surface area (Å²) in [4.78, 5) is 0. The van der Waals surface area contributed by atoms with E-state index < -0.39 is 5.79 Å². The third-order valence-electron chi connectivity index (χ3n) is 3.75. The molecule has 4 atom stereocenters. The van der Waals surface area contributed by atoms with Gasteiger partial charge in [-0.1, -0.05) is 0 Å². The van der Waals surface area contributed by atoms with Crippen LogP contribution in [0.25, 0.3) is 0 Å². The second-order valence-corrected chi connectivity index (χ2v) is 4.66. The van der Waals surface area contributed by atoms with E-state index >= 15 is 0 Å². The first-order valence-corrected chi connectivity index (χ1v) is 6.24. The largest absolute Gasteiger partial charge is 0.396 e. The Morgan fingerprint density at radius 3 is 2.88 bits per heavy atom. The molecular formula is C12H22O5. The predicted molar refractivity (Wildman–Crippen MR) is 60.7 cm³/mol. The Morgan fingerprint density at radius 2 is 2.24 bits per heavy atom. The molecule has 2 heterocycles. The normalized spacial score (nSPS) is 41.5. The van der Waals surface area contributed by atoms with Gasteiger partial charge in [0.1, 0.15) is 6.10 Å². The van der Waals surface area contributed by atoms with Crippen LogP contribution in [0.3, 0.4) is 0 Å². The summed E-state index contributed by atoms with van der Waals surface area (Å²) in [5, 5.41) is 8.89.